The van der Waals surface area contributed by atoms with E-state index in [9.17, 15) is 14.4 Å². The molecule has 2 aromatic carbocycles. The number of aromatic nitrogens is 4. The Hall–Kier alpha value is -3.46. The van der Waals surface area contributed by atoms with E-state index in [1.54, 1.807) is 36.4 Å². The lowest BCUT2D eigenvalue weighted by Crippen LogP contribution is -2.28. The van der Waals surface area contributed by atoms with Gasteiger partial charge in [0.15, 0.2) is 12.4 Å². The van der Waals surface area contributed by atoms with E-state index in [0.29, 0.717) is 27.7 Å². The van der Waals surface area contributed by atoms with Gasteiger partial charge in [0.2, 0.25) is 0 Å². The van der Waals surface area contributed by atoms with Gasteiger partial charge in [-0.3, -0.25) is 9.59 Å². The van der Waals surface area contributed by atoms with Crippen LogP contribution in [0.25, 0.3) is 5.69 Å². The molecule has 0 fully saturated rings. The molecule has 0 aliphatic carbocycles. The zero-order valence-electron chi connectivity index (χ0n) is 13.8. The minimum atomic E-state index is -0.592. The predicted molar refractivity (Wildman–Crippen MR) is 95.5 cm³/mol. The topological polar surface area (TPSA) is 108 Å². The number of anilines is 1. The third-order valence-electron chi connectivity index (χ3n) is 3.95. The van der Waals surface area contributed by atoms with Crippen LogP contribution in [0.1, 0.15) is 10.4 Å². The van der Waals surface area contributed by atoms with Crippen molar-refractivity contribution in [2.24, 2.45) is 0 Å². The van der Waals surface area contributed by atoms with Gasteiger partial charge in [-0.25, -0.2) is 4.79 Å². The first-order valence-corrected chi connectivity index (χ1v) is 8.28. The second-order valence-corrected chi connectivity index (χ2v) is 6.16. The molecule has 1 aromatic heterocycles. The van der Waals surface area contributed by atoms with Crippen molar-refractivity contribution in [3.8, 4) is 11.4 Å². The van der Waals surface area contributed by atoms with Crippen molar-refractivity contribution >= 4 is 29.0 Å². The molecule has 3 aromatic rings. The number of rotatable bonds is 4. The molecule has 136 valence electrons. The van der Waals surface area contributed by atoms with Crippen molar-refractivity contribution in [3.63, 3.8) is 0 Å². The van der Waals surface area contributed by atoms with Crippen LogP contribution >= 0.6 is 11.6 Å². The van der Waals surface area contributed by atoms with Crippen molar-refractivity contribution in [3.05, 3.63) is 63.5 Å². The Morgan fingerprint density at radius 2 is 2.00 bits per heavy atom. The lowest BCUT2D eigenvalue weighted by Gasteiger charge is -2.18. The lowest BCUT2D eigenvalue weighted by molar-refractivity contribution is -0.118. The molecular weight excluding hydrogens is 374 g/mol. The number of benzene rings is 2. The molecule has 27 heavy (non-hydrogen) atoms. The number of nitrogens with one attached hydrogen (secondary N) is 1. The smallest absolute Gasteiger partial charge is 0.368 e. The standard InChI is InChI=1S/C17H12ClN5O4/c18-11-3-1-2-4-13(11)23-17(26)22(20-21-23)8-14(24)10-5-6-15-12(7-10)19-16(25)9-27-15/h1-7H,8-9H2,(H,19,25). The number of ether oxygens (including phenoxy) is 1. The molecule has 1 aliphatic rings. The Morgan fingerprint density at radius 3 is 2.81 bits per heavy atom. The summed E-state index contributed by atoms with van der Waals surface area (Å²) in [6, 6.07) is 11.3. The molecule has 0 radical (unpaired) electrons. The van der Waals surface area contributed by atoms with E-state index in [4.69, 9.17) is 16.3 Å². The Labute approximate surface area is 157 Å². The second-order valence-electron chi connectivity index (χ2n) is 5.75. The fourth-order valence-electron chi connectivity index (χ4n) is 2.63. The highest BCUT2D eigenvalue weighted by molar-refractivity contribution is 6.32. The van der Waals surface area contributed by atoms with Crippen LogP contribution in [-0.2, 0) is 11.3 Å². The average molecular weight is 386 g/mol. The van der Waals surface area contributed by atoms with Gasteiger partial charge in [0.25, 0.3) is 5.91 Å². The summed E-state index contributed by atoms with van der Waals surface area (Å²) in [4.78, 5) is 36.4. The van der Waals surface area contributed by atoms with E-state index in [2.05, 4.69) is 15.7 Å². The zero-order valence-corrected chi connectivity index (χ0v) is 14.5. The Morgan fingerprint density at radius 1 is 1.19 bits per heavy atom. The highest BCUT2D eigenvalue weighted by Gasteiger charge is 2.19. The molecule has 0 unspecified atom stereocenters. The quantitative estimate of drug-likeness (QED) is 0.678. The molecule has 10 heteroatoms. The summed E-state index contributed by atoms with van der Waals surface area (Å²) in [6.07, 6.45) is 0. The van der Waals surface area contributed by atoms with E-state index in [1.807, 2.05) is 0 Å². The van der Waals surface area contributed by atoms with E-state index >= 15 is 0 Å². The molecule has 0 saturated carbocycles. The number of halogens is 1. The normalized spacial score (nSPS) is 12.9. The fraction of sp³-hybridized carbons (Fsp3) is 0.118. The monoisotopic (exact) mass is 385 g/mol. The summed E-state index contributed by atoms with van der Waals surface area (Å²) in [6.45, 7) is -0.377. The van der Waals surface area contributed by atoms with Gasteiger partial charge in [-0.15, -0.1) is 0 Å². The maximum absolute atomic E-state index is 12.5. The Bertz CT molecular complexity index is 1120. The third kappa shape index (κ3) is 3.20. The maximum Gasteiger partial charge on any atom is 0.368 e. The van der Waals surface area contributed by atoms with Crippen molar-refractivity contribution in [2.75, 3.05) is 11.9 Å². The minimum absolute atomic E-state index is 0.0686. The van der Waals surface area contributed by atoms with Crippen LogP contribution in [0.3, 0.4) is 0 Å². The number of tetrazole rings is 1. The number of Topliss-reactive ketones (excluding diaryl/α,β-unsaturated/α-hetero) is 1. The molecule has 4 rings (SSSR count). The van der Waals surface area contributed by atoms with Gasteiger partial charge in [0.05, 0.1) is 16.4 Å². The molecule has 0 saturated heterocycles. The largest absolute Gasteiger partial charge is 0.482 e. The summed E-state index contributed by atoms with van der Waals surface area (Å²) >= 11 is 6.07. The van der Waals surface area contributed by atoms with Gasteiger partial charge in [-0.2, -0.15) is 9.36 Å². The maximum atomic E-state index is 12.5. The Balaban J connectivity index is 1.59. The van der Waals surface area contributed by atoms with Crippen molar-refractivity contribution in [1.82, 2.24) is 19.8 Å². The van der Waals surface area contributed by atoms with Crippen LogP contribution < -0.4 is 15.7 Å². The van der Waals surface area contributed by atoms with E-state index in [1.165, 1.54) is 6.07 Å². The van der Waals surface area contributed by atoms with Gasteiger partial charge in [-0.05, 0) is 40.8 Å². The van der Waals surface area contributed by atoms with Gasteiger partial charge < -0.3 is 10.1 Å². The molecule has 0 bridgehead atoms. The van der Waals surface area contributed by atoms with Crippen LogP contribution in [0, 0.1) is 0 Å². The van der Waals surface area contributed by atoms with E-state index < -0.39 is 5.69 Å². The number of para-hydroxylation sites is 1. The summed E-state index contributed by atoms with van der Waals surface area (Å²) < 4.78 is 7.22. The van der Waals surface area contributed by atoms with Gasteiger partial charge >= 0.3 is 5.69 Å². The third-order valence-corrected chi connectivity index (χ3v) is 4.27. The molecule has 1 aliphatic heterocycles. The number of carbonyl (C=O) groups is 2. The first-order chi connectivity index (χ1) is 13.0. The van der Waals surface area contributed by atoms with Gasteiger partial charge in [0, 0.05) is 5.56 Å². The fourth-order valence-corrected chi connectivity index (χ4v) is 2.85. The summed E-state index contributed by atoms with van der Waals surface area (Å²) in [5, 5.41) is 10.5. The number of hydrogen-bond acceptors (Lipinski definition) is 6. The van der Waals surface area contributed by atoms with Crippen molar-refractivity contribution < 1.29 is 14.3 Å². The summed E-state index contributed by atoms with van der Waals surface area (Å²) in [7, 11) is 0. The minimum Gasteiger partial charge on any atom is -0.482 e. The van der Waals surface area contributed by atoms with Gasteiger partial charge in [0.1, 0.15) is 12.3 Å². The Kier molecular flexibility index (Phi) is 4.21. The number of carbonyl (C=O) groups excluding carboxylic acids is 2. The summed E-state index contributed by atoms with van der Waals surface area (Å²) in [5.41, 5.74) is 0.491. The summed E-state index contributed by atoms with van der Waals surface area (Å²) in [5.74, 6) is -0.190. The molecule has 1 N–H and O–H groups in total. The lowest BCUT2D eigenvalue weighted by atomic mass is 10.1. The molecule has 2 heterocycles. The number of ketones is 1. The van der Waals surface area contributed by atoms with Crippen molar-refractivity contribution in [2.45, 2.75) is 6.54 Å². The predicted octanol–water partition coefficient (Wildman–Crippen LogP) is 1.30. The average Bonchev–Trinajstić information content (AvgIpc) is 3.02. The molecule has 9 nitrogen and oxygen atoms in total. The zero-order chi connectivity index (χ0) is 19.0. The highest BCUT2D eigenvalue weighted by atomic mass is 35.5. The van der Waals surface area contributed by atoms with Crippen molar-refractivity contribution in [1.29, 1.82) is 0 Å². The SMILES string of the molecule is O=C1COc2ccc(C(=O)Cn3nnn(-c4ccccc4Cl)c3=O)cc2N1. The molecule has 1 amide bonds. The van der Waals surface area contributed by atoms with Crippen LogP contribution in [0.5, 0.6) is 5.75 Å². The highest BCUT2D eigenvalue weighted by Crippen LogP contribution is 2.28. The van der Waals surface area contributed by atoms with E-state index in [0.717, 1.165) is 9.36 Å². The number of fused-ring (bicyclic) bond motifs is 1. The van der Waals surface area contributed by atoms with Crippen LogP contribution in [-0.4, -0.2) is 38.1 Å². The van der Waals surface area contributed by atoms with Gasteiger partial charge in [-0.1, -0.05) is 23.7 Å². The van der Waals surface area contributed by atoms with E-state index in [-0.39, 0.29) is 24.8 Å². The van der Waals surface area contributed by atoms with Crippen LogP contribution in [0.4, 0.5) is 5.69 Å². The molecule has 0 atom stereocenters. The number of nitrogens with zero attached hydrogens (tertiary/aromatic N) is 4. The first kappa shape index (κ1) is 17.0. The first-order valence-electron chi connectivity index (χ1n) is 7.90. The van der Waals surface area contributed by atoms with Crippen LogP contribution in [0.15, 0.2) is 47.3 Å². The second kappa shape index (κ2) is 6.69. The number of hydrogen-bond donors (Lipinski definition) is 1. The van der Waals surface area contributed by atoms with Crippen LogP contribution in [0.2, 0.25) is 5.02 Å². The molecular formula is C17H12ClN5O4. The molecule has 0 spiro atoms. The number of amides is 1.